The van der Waals surface area contributed by atoms with E-state index >= 15 is 0 Å². The minimum absolute atomic E-state index is 0.00521. The van der Waals surface area contributed by atoms with Crippen molar-refractivity contribution in [3.05, 3.63) is 47.6 Å². The zero-order valence-corrected chi connectivity index (χ0v) is 14.7. The van der Waals surface area contributed by atoms with E-state index in [1.165, 1.54) is 18.4 Å². The van der Waals surface area contributed by atoms with Crippen LogP contribution in [0.1, 0.15) is 52.5 Å². The molecule has 3 unspecified atom stereocenters. The summed E-state index contributed by atoms with van der Waals surface area (Å²) in [6.45, 7) is 8.90. The Balaban J connectivity index is 2.00. The van der Waals surface area contributed by atoms with Crippen LogP contribution in [-0.2, 0) is 6.42 Å². The molecule has 1 heterocycles. The van der Waals surface area contributed by atoms with E-state index in [2.05, 4.69) is 45.9 Å². The fourth-order valence-corrected chi connectivity index (χ4v) is 4.37. The van der Waals surface area contributed by atoms with Gasteiger partial charge in [0.1, 0.15) is 17.1 Å². The summed E-state index contributed by atoms with van der Waals surface area (Å²) < 4.78 is 6.59. The van der Waals surface area contributed by atoms with Crippen LogP contribution >= 0.6 is 0 Å². The smallest absolute Gasteiger partial charge is 0.124 e. The molecular weight excluding hydrogens is 284 g/mol. The monoisotopic (exact) mass is 312 g/mol. The molecule has 1 spiro atoms. The van der Waals surface area contributed by atoms with Crippen LogP contribution in [0.25, 0.3) is 0 Å². The zero-order valence-electron chi connectivity index (χ0n) is 14.7. The Morgan fingerprint density at radius 3 is 2.87 bits per heavy atom. The number of ether oxygens (including phenoxy) is 1. The Morgan fingerprint density at radius 2 is 2.13 bits per heavy atom. The first-order valence-corrected chi connectivity index (χ1v) is 8.70. The predicted molar refractivity (Wildman–Crippen MR) is 94.9 cm³/mol. The zero-order chi connectivity index (χ0) is 16.7. The van der Waals surface area contributed by atoms with E-state index in [-0.39, 0.29) is 11.0 Å². The predicted octanol–water partition coefficient (Wildman–Crippen LogP) is 5.41. The molecule has 0 aromatic heterocycles. The SMILES string of the molecule is CC(C)=CC=CC1(C)CCCC(C)C12Cc1cc(O)ccc1O2. The van der Waals surface area contributed by atoms with E-state index in [1.807, 2.05) is 12.1 Å². The number of phenolic OH excluding ortho intramolecular Hbond substituents is 1. The van der Waals surface area contributed by atoms with E-state index in [9.17, 15) is 5.11 Å². The normalized spacial score (nSPS) is 32.8. The van der Waals surface area contributed by atoms with Crippen molar-refractivity contribution in [1.82, 2.24) is 0 Å². The number of rotatable bonds is 2. The molecule has 1 saturated carbocycles. The lowest BCUT2D eigenvalue weighted by Gasteiger charge is -2.51. The van der Waals surface area contributed by atoms with Crippen LogP contribution in [0.4, 0.5) is 0 Å². The summed E-state index contributed by atoms with van der Waals surface area (Å²) in [7, 11) is 0. The van der Waals surface area contributed by atoms with Gasteiger partial charge in [-0.1, -0.05) is 44.1 Å². The lowest BCUT2D eigenvalue weighted by molar-refractivity contribution is -0.0810. The average molecular weight is 312 g/mol. The summed E-state index contributed by atoms with van der Waals surface area (Å²) in [6.07, 6.45) is 11.2. The van der Waals surface area contributed by atoms with Crippen LogP contribution in [0.2, 0.25) is 0 Å². The van der Waals surface area contributed by atoms with Gasteiger partial charge in [-0.15, -0.1) is 0 Å². The van der Waals surface area contributed by atoms with Crippen molar-refractivity contribution in [2.24, 2.45) is 11.3 Å². The summed E-state index contributed by atoms with van der Waals surface area (Å²) in [5, 5.41) is 9.80. The standard InChI is InChI=1S/C21H28O2/c1-15(2)7-5-11-20(4)12-6-8-16(3)21(20)14-17-13-18(22)9-10-19(17)23-21/h5,7,9-11,13,16,22H,6,8,12,14H2,1-4H3. The molecule has 0 radical (unpaired) electrons. The van der Waals surface area contributed by atoms with Gasteiger partial charge in [-0.3, -0.25) is 0 Å². The van der Waals surface area contributed by atoms with Crippen molar-refractivity contribution in [2.45, 2.75) is 59.0 Å². The first-order chi connectivity index (χ1) is 10.9. The molecule has 1 aliphatic carbocycles. The average Bonchev–Trinajstić information content (AvgIpc) is 2.85. The molecule has 2 aliphatic rings. The quantitative estimate of drug-likeness (QED) is 0.739. The van der Waals surface area contributed by atoms with Gasteiger partial charge in [0.05, 0.1) is 0 Å². The summed E-state index contributed by atoms with van der Waals surface area (Å²) in [4.78, 5) is 0. The molecule has 2 nitrogen and oxygen atoms in total. The summed E-state index contributed by atoms with van der Waals surface area (Å²) in [5.41, 5.74) is 2.25. The number of aromatic hydroxyl groups is 1. The van der Waals surface area contributed by atoms with Crippen LogP contribution in [0.5, 0.6) is 11.5 Å². The summed E-state index contributed by atoms with van der Waals surface area (Å²) in [5.74, 6) is 1.76. The Bertz CT molecular complexity index is 654. The number of hydrogen-bond acceptors (Lipinski definition) is 2. The van der Waals surface area contributed by atoms with Crippen molar-refractivity contribution >= 4 is 0 Å². The molecule has 1 N–H and O–H groups in total. The third-order valence-electron chi connectivity index (χ3n) is 5.78. The maximum absolute atomic E-state index is 9.80. The third-order valence-corrected chi connectivity index (χ3v) is 5.78. The molecule has 124 valence electrons. The second-order valence-corrected chi connectivity index (χ2v) is 7.77. The van der Waals surface area contributed by atoms with E-state index < -0.39 is 0 Å². The molecule has 1 aromatic rings. The molecule has 1 aromatic carbocycles. The lowest BCUT2D eigenvalue weighted by atomic mass is 9.58. The molecule has 23 heavy (non-hydrogen) atoms. The van der Waals surface area contributed by atoms with Gasteiger partial charge in [0.25, 0.3) is 0 Å². The second kappa shape index (κ2) is 5.74. The minimum Gasteiger partial charge on any atom is -0.508 e. The first kappa shape index (κ1) is 16.2. The van der Waals surface area contributed by atoms with E-state index in [0.717, 1.165) is 24.2 Å². The van der Waals surface area contributed by atoms with Gasteiger partial charge >= 0.3 is 0 Å². The molecule has 3 rings (SSSR count). The molecule has 0 saturated heterocycles. The number of fused-ring (bicyclic) bond motifs is 1. The van der Waals surface area contributed by atoms with Crippen LogP contribution in [-0.4, -0.2) is 10.7 Å². The summed E-state index contributed by atoms with van der Waals surface area (Å²) >= 11 is 0. The Kier molecular flexibility index (Phi) is 4.03. The van der Waals surface area contributed by atoms with Crippen molar-refractivity contribution in [2.75, 3.05) is 0 Å². The maximum atomic E-state index is 9.80. The van der Waals surface area contributed by atoms with Crippen LogP contribution in [0.15, 0.2) is 42.0 Å². The Morgan fingerprint density at radius 1 is 1.35 bits per heavy atom. The van der Waals surface area contributed by atoms with E-state index in [1.54, 1.807) is 6.07 Å². The molecule has 1 fully saturated rings. The van der Waals surface area contributed by atoms with Gasteiger partial charge in [0.2, 0.25) is 0 Å². The molecular formula is C21H28O2. The van der Waals surface area contributed by atoms with Gasteiger partial charge in [-0.25, -0.2) is 0 Å². The molecule has 3 atom stereocenters. The number of hydrogen-bond donors (Lipinski definition) is 1. The molecule has 0 amide bonds. The summed E-state index contributed by atoms with van der Waals surface area (Å²) in [6, 6.07) is 5.51. The fourth-order valence-electron chi connectivity index (χ4n) is 4.37. The molecule has 2 heteroatoms. The highest BCUT2D eigenvalue weighted by Gasteiger charge is 2.57. The van der Waals surface area contributed by atoms with Crippen molar-refractivity contribution < 1.29 is 9.84 Å². The fraction of sp³-hybridized carbons (Fsp3) is 0.524. The van der Waals surface area contributed by atoms with Crippen molar-refractivity contribution in [1.29, 1.82) is 0 Å². The van der Waals surface area contributed by atoms with E-state index in [4.69, 9.17) is 4.74 Å². The van der Waals surface area contributed by atoms with Crippen LogP contribution in [0, 0.1) is 11.3 Å². The van der Waals surface area contributed by atoms with Crippen molar-refractivity contribution in [3.8, 4) is 11.5 Å². The van der Waals surface area contributed by atoms with E-state index in [0.29, 0.717) is 11.7 Å². The first-order valence-electron chi connectivity index (χ1n) is 8.70. The lowest BCUT2D eigenvalue weighted by Crippen LogP contribution is -2.56. The maximum Gasteiger partial charge on any atom is 0.124 e. The Labute approximate surface area is 139 Å². The Hall–Kier alpha value is -1.70. The van der Waals surface area contributed by atoms with Crippen LogP contribution in [0.3, 0.4) is 0 Å². The second-order valence-electron chi connectivity index (χ2n) is 7.77. The highest BCUT2D eigenvalue weighted by Crippen LogP contribution is 2.56. The topological polar surface area (TPSA) is 29.5 Å². The van der Waals surface area contributed by atoms with Gasteiger partial charge < -0.3 is 9.84 Å². The van der Waals surface area contributed by atoms with Gasteiger partial charge in [0.15, 0.2) is 0 Å². The number of benzene rings is 1. The third kappa shape index (κ3) is 2.69. The van der Waals surface area contributed by atoms with Gasteiger partial charge in [0, 0.05) is 17.4 Å². The highest BCUT2D eigenvalue weighted by molar-refractivity contribution is 5.45. The van der Waals surface area contributed by atoms with Gasteiger partial charge in [-0.2, -0.15) is 0 Å². The number of allylic oxidation sites excluding steroid dienone is 3. The van der Waals surface area contributed by atoms with Crippen molar-refractivity contribution in [3.63, 3.8) is 0 Å². The number of phenols is 1. The highest BCUT2D eigenvalue weighted by atomic mass is 16.5. The van der Waals surface area contributed by atoms with Gasteiger partial charge in [-0.05, 0) is 50.8 Å². The molecule has 1 aliphatic heterocycles. The largest absolute Gasteiger partial charge is 0.508 e. The molecule has 0 bridgehead atoms. The minimum atomic E-state index is -0.201. The van der Waals surface area contributed by atoms with Crippen LogP contribution < -0.4 is 4.74 Å².